The van der Waals surface area contributed by atoms with Gasteiger partial charge in [-0.05, 0) is 6.92 Å². The zero-order valence-electron chi connectivity index (χ0n) is 7.09. The summed E-state index contributed by atoms with van der Waals surface area (Å²) in [5.41, 5.74) is 1.24. The second-order valence-corrected chi connectivity index (χ2v) is 2.59. The summed E-state index contributed by atoms with van der Waals surface area (Å²) < 4.78 is 0. The first kappa shape index (κ1) is 11.0. The monoisotopic (exact) mass is 188 g/mol. The van der Waals surface area contributed by atoms with Crippen LogP contribution in [0.2, 0.25) is 0 Å². The molecule has 12 heavy (non-hydrogen) atoms. The number of ketones is 1. The van der Waals surface area contributed by atoms with E-state index in [1.54, 1.807) is 0 Å². The number of hydrogen-bond donors (Lipinski definition) is 2. The first-order valence-electron chi connectivity index (χ1n) is 3.52. The van der Waals surface area contributed by atoms with Crippen molar-refractivity contribution in [1.82, 2.24) is 10.6 Å². The Morgan fingerprint density at radius 1 is 1.58 bits per heavy atom. The molecule has 0 aromatic carbocycles. The number of hydrogen-bond acceptors (Lipinski definition) is 3. The number of likely N-dealkylation sites (N-methyl/N-ethyl adjacent to an activating group) is 1. The summed E-state index contributed by atoms with van der Waals surface area (Å²) in [6.45, 7) is 1.43. The Balaban J connectivity index is 4.11. The van der Waals surface area contributed by atoms with E-state index >= 15 is 0 Å². The second kappa shape index (κ2) is 5.65. The number of thiocarbonyl (C=S) groups is 1. The van der Waals surface area contributed by atoms with Crippen molar-refractivity contribution < 1.29 is 9.59 Å². The van der Waals surface area contributed by atoms with Crippen molar-refractivity contribution >= 4 is 29.4 Å². The Morgan fingerprint density at radius 2 is 2.17 bits per heavy atom. The predicted octanol–water partition coefficient (Wildman–Crippen LogP) is -0.373. The molecule has 0 rings (SSSR count). The molecule has 5 heteroatoms. The molecule has 0 aliphatic heterocycles. The SMILES string of the molecule is CNC(=O)C(CC(C)=O)NC=S. The number of carbonyl (C=O) groups excluding carboxylic acids is 2. The lowest BCUT2D eigenvalue weighted by Gasteiger charge is -2.12. The van der Waals surface area contributed by atoms with E-state index in [1.165, 1.54) is 19.5 Å². The van der Waals surface area contributed by atoms with Crippen LogP contribution >= 0.6 is 12.2 Å². The van der Waals surface area contributed by atoms with Gasteiger partial charge in [-0.25, -0.2) is 0 Å². The average Bonchev–Trinajstić information content (AvgIpc) is 2.01. The topological polar surface area (TPSA) is 58.2 Å². The summed E-state index contributed by atoms with van der Waals surface area (Å²) in [5.74, 6) is -0.278. The molecule has 1 unspecified atom stereocenters. The third-order valence-corrected chi connectivity index (χ3v) is 1.46. The van der Waals surface area contributed by atoms with Crippen LogP contribution in [-0.2, 0) is 9.59 Å². The van der Waals surface area contributed by atoms with Gasteiger partial charge in [-0.15, -0.1) is 0 Å². The minimum atomic E-state index is -0.537. The van der Waals surface area contributed by atoms with Gasteiger partial charge >= 0.3 is 0 Å². The first-order chi connectivity index (χ1) is 5.61. The van der Waals surface area contributed by atoms with Gasteiger partial charge in [-0.3, -0.25) is 9.59 Å². The van der Waals surface area contributed by atoms with Gasteiger partial charge in [0.2, 0.25) is 5.91 Å². The van der Waals surface area contributed by atoms with Crippen LogP contribution in [0.25, 0.3) is 0 Å². The molecule has 0 spiro atoms. The highest BCUT2D eigenvalue weighted by molar-refractivity contribution is 7.78. The van der Waals surface area contributed by atoms with Crippen LogP contribution in [0.3, 0.4) is 0 Å². The van der Waals surface area contributed by atoms with Crippen LogP contribution in [0.4, 0.5) is 0 Å². The van der Waals surface area contributed by atoms with Crippen LogP contribution in [-0.4, -0.2) is 30.3 Å². The van der Waals surface area contributed by atoms with Gasteiger partial charge in [0.1, 0.15) is 11.8 Å². The lowest BCUT2D eigenvalue weighted by atomic mass is 10.1. The van der Waals surface area contributed by atoms with Crippen molar-refractivity contribution in [2.75, 3.05) is 7.05 Å². The van der Waals surface area contributed by atoms with Crippen molar-refractivity contribution in [3.8, 4) is 0 Å². The summed E-state index contributed by atoms with van der Waals surface area (Å²) in [7, 11) is 1.51. The molecule has 1 amide bonds. The van der Waals surface area contributed by atoms with E-state index < -0.39 is 6.04 Å². The fourth-order valence-electron chi connectivity index (χ4n) is 0.771. The molecule has 2 N–H and O–H groups in total. The summed E-state index contributed by atoms with van der Waals surface area (Å²) in [4.78, 5) is 21.7. The van der Waals surface area contributed by atoms with E-state index in [2.05, 4.69) is 22.9 Å². The third-order valence-electron chi connectivity index (χ3n) is 1.32. The minimum absolute atomic E-state index is 0.0482. The van der Waals surface area contributed by atoms with Crippen LogP contribution < -0.4 is 10.6 Å². The Labute approximate surface area is 76.7 Å². The fraction of sp³-hybridized carbons (Fsp3) is 0.571. The molecule has 0 radical (unpaired) electrons. The molecule has 4 nitrogen and oxygen atoms in total. The smallest absolute Gasteiger partial charge is 0.242 e. The van der Waals surface area contributed by atoms with Crippen molar-refractivity contribution in [3.63, 3.8) is 0 Å². The molecule has 0 aromatic heterocycles. The maximum absolute atomic E-state index is 11.0. The normalized spacial score (nSPS) is 11.5. The van der Waals surface area contributed by atoms with E-state index in [9.17, 15) is 9.59 Å². The van der Waals surface area contributed by atoms with E-state index in [1.807, 2.05) is 0 Å². The minimum Gasteiger partial charge on any atom is -0.370 e. The molecule has 0 heterocycles. The average molecular weight is 188 g/mol. The van der Waals surface area contributed by atoms with Gasteiger partial charge in [-0.2, -0.15) is 0 Å². The summed E-state index contributed by atoms with van der Waals surface area (Å²) >= 11 is 4.52. The number of carbonyl (C=O) groups is 2. The number of rotatable bonds is 5. The van der Waals surface area contributed by atoms with Gasteiger partial charge in [-0.1, -0.05) is 12.2 Å². The second-order valence-electron chi connectivity index (χ2n) is 2.36. The predicted molar refractivity (Wildman–Crippen MR) is 49.9 cm³/mol. The molecule has 0 fully saturated rings. The molecule has 0 saturated carbocycles. The quantitative estimate of drug-likeness (QED) is 0.578. The van der Waals surface area contributed by atoms with Crippen LogP contribution in [0.1, 0.15) is 13.3 Å². The standard InChI is InChI=1S/C7H12N2O2S/c1-5(10)3-6(9-4-12)7(11)8-2/h4,6H,3H2,1-2H3,(H,8,11)(H,9,12). The Kier molecular flexibility index (Phi) is 5.19. The lowest BCUT2D eigenvalue weighted by Crippen LogP contribution is -2.43. The van der Waals surface area contributed by atoms with E-state index in [0.29, 0.717) is 0 Å². The Bertz CT molecular complexity index is 194. The van der Waals surface area contributed by atoms with Gasteiger partial charge in [0, 0.05) is 13.5 Å². The summed E-state index contributed by atoms with van der Waals surface area (Å²) in [6.07, 6.45) is 0.160. The van der Waals surface area contributed by atoms with E-state index in [-0.39, 0.29) is 18.1 Å². The van der Waals surface area contributed by atoms with Gasteiger partial charge < -0.3 is 10.6 Å². The van der Waals surface area contributed by atoms with Crippen LogP contribution in [0.15, 0.2) is 0 Å². The maximum atomic E-state index is 11.0. The molecule has 0 saturated heterocycles. The Morgan fingerprint density at radius 3 is 2.50 bits per heavy atom. The first-order valence-corrected chi connectivity index (χ1v) is 3.99. The zero-order valence-corrected chi connectivity index (χ0v) is 7.90. The molecule has 68 valence electrons. The van der Waals surface area contributed by atoms with Crippen LogP contribution in [0, 0.1) is 0 Å². The molecule has 0 aliphatic rings. The molecule has 1 atom stereocenters. The summed E-state index contributed by atoms with van der Waals surface area (Å²) in [5, 5.41) is 5.06. The van der Waals surface area contributed by atoms with Gasteiger partial charge in [0.25, 0.3) is 0 Å². The highest BCUT2D eigenvalue weighted by atomic mass is 32.1. The summed E-state index contributed by atoms with van der Waals surface area (Å²) in [6, 6.07) is -0.537. The number of amides is 1. The van der Waals surface area contributed by atoms with E-state index in [0.717, 1.165) is 0 Å². The maximum Gasteiger partial charge on any atom is 0.242 e. The Hall–Kier alpha value is -0.970. The van der Waals surface area contributed by atoms with Crippen LogP contribution in [0.5, 0.6) is 0 Å². The highest BCUT2D eigenvalue weighted by Crippen LogP contribution is 1.92. The highest BCUT2D eigenvalue weighted by Gasteiger charge is 2.16. The van der Waals surface area contributed by atoms with Crippen molar-refractivity contribution in [2.45, 2.75) is 19.4 Å². The van der Waals surface area contributed by atoms with E-state index in [4.69, 9.17) is 0 Å². The van der Waals surface area contributed by atoms with Gasteiger partial charge in [0.15, 0.2) is 0 Å². The van der Waals surface area contributed by atoms with Crippen molar-refractivity contribution in [2.24, 2.45) is 0 Å². The largest absolute Gasteiger partial charge is 0.370 e. The van der Waals surface area contributed by atoms with Crippen molar-refractivity contribution in [1.29, 1.82) is 0 Å². The van der Waals surface area contributed by atoms with Gasteiger partial charge in [0.05, 0.1) is 5.49 Å². The molecule has 0 aliphatic carbocycles. The third kappa shape index (κ3) is 4.02. The van der Waals surface area contributed by atoms with Crippen molar-refractivity contribution in [3.05, 3.63) is 0 Å². The number of nitrogens with one attached hydrogen (secondary N) is 2. The molecule has 0 bridgehead atoms. The fourth-order valence-corrected chi connectivity index (χ4v) is 0.935. The molecular formula is C7H12N2O2S. The molecular weight excluding hydrogens is 176 g/mol. The molecule has 0 aromatic rings. The lowest BCUT2D eigenvalue weighted by molar-refractivity contribution is -0.126. The zero-order chi connectivity index (χ0) is 9.56. The number of Topliss-reactive ketones (excluding diaryl/α,β-unsaturated/α-hetero) is 1.